The Morgan fingerprint density at radius 2 is 2.18 bits per heavy atom. The Morgan fingerprint density at radius 1 is 1.29 bits per heavy atom. The van der Waals surface area contributed by atoms with Crippen molar-refractivity contribution in [1.82, 2.24) is 14.8 Å². The number of aromatic nitrogens is 3. The van der Waals surface area contributed by atoms with Crippen LogP contribution in [-0.4, -0.2) is 27.3 Å². The molecule has 2 heterocycles. The zero-order chi connectivity index (χ0) is 19.5. The van der Waals surface area contributed by atoms with E-state index in [1.165, 1.54) is 12.4 Å². The van der Waals surface area contributed by atoms with E-state index in [0.717, 1.165) is 21.4 Å². The number of carbonyl (C=O) groups is 1. The molecule has 28 heavy (non-hydrogen) atoms. The Morgan fingerprint density at radius 3 is 3.00 bits per heavy atom. The molecule has 8 heteroatoms. The largest absolute Gasteiger partial charge is 0.488 e. The van der Waals surface area contributed by atoms with Crippen molar-refractivity contribution in [3.8, 4) is 11.4 Å². The molecule has 0 bridgehead atoms. The average molecular weight is 458 g/mol. The molecule has 6 nitrogen and oxygen atoms in total. The zero-order valence-electron chi connectivity index (χ0n) is 14.5. The predicted molar refractivity (Wildman–Crippen MR) is 112 cm³/mol. The average Bonchev–Trinajstić information content (AvgIpc) is 3.20. The van der Waals surface area contributed by atoms with Crippen LogP contribution in [0.5, 0.6) is 5.75 Å². The monoisotopic (exact) mass is 456 g/mol. The fourth-order valence-corrected chi connectivity index (χ4v) is 3.30. The summed E-state index contributed by atoms with van der Waals surface area (Å²) in [5.41, 5.74) is 3.08. The molecule has 140 valence electrons. The van der Waals surface area contributed by atoms with Gasteiger partial charge in [0.1, 0.15) is 25.0 Å². The van der Waals surface area contributed by atoms with Gasteiger partial charge in [0, 0.05) is 21.1 Å². The summed E-state index contributed by atoms with van der Waals surface area (Å²) in [4.78, 5) is 16.4. The van der Waals surface area contributed by atoms with Crippen LogP contribution in [0.1, 0.15) is 5.56 Å². The Bertz CT molecular complexity index is 1090. The molecule has 0 aliphatic carbocycles. The summed E-state index contributed by atoms with van der Waals surface area (Å²) in [5, 5.41) is 7.63. The van der Waals surface area contributed by atoms with Gasteiger partial charge >= 0.3 is 0 Å². The van der Waals surface area contributed by atoms with Crippen LogP contribution in [-0.2, 0) is 4.79 Å². The molecule has 1 aliphatic heterocycles. The van der Waals surface area contributed by atoms with E-state index in [-0.39, 0.29) is 5.91 Å². The minimum atomic E-state index is -0.266. The number of amides is 1. The van der Waals surface area contributed by atoms with Crippen LogP contribution in [0.4, 0.5) is 5.69 Å². The van der Waals surface area contributed by atoms with E-state index < -0.39 is 0 Å². The normalized spacial score (nSPS) is 13.0. The summed E-state index contributed by atoms with van der Waals surface area (Å²) in [6.07, 6.45) is 8.16. The Hall–Kier alpha value is -2.90. The minimum absolute atomic E-state index is 0.266. The van der Waals surface area contributed by atoms with E-state index in [2.05, 4.69) is 31.3 Å². The topological polar surface area (TPSA) is 69.0 Å². The summed E-state index contributed by atoms with van der Waals surface area (Å²) >= 11 is 9.45. The van der Waals surface area contributed by atoms with Gasteiger partial charge in [-0.25, -0.2) is 9.67 Å². The minimum Gasteiger partial charge on any atom is -0.488 e. The van der Waals surface area contributed by atoms with E-state index in [1.807, 2.05) is 36.4 Å². The molecule has 0 fully saturated rings. The van der Waals surface area contributed by atoms with Crippen molar-refractivity contribution in [2.24, 2.45) is 0 Å². The van der Waals surface area contributed by atoms with Crippen LogP contribution in [0.25, 0.3) is 11.8 Å². The highest BCUT2D eigenvalue weighted by Gasteiger charge is 2.11. The molecule has 0 saturated carbocycles. The molecule has 4 rings (SSSR count). The number of fused-ring (bicyclic) bond motifs is 1. The van der Waals surface area contributed by atoms with E-state index in [0.29, 0.717) is 23.0 Å². The number of nitrogens with one attached hydrogen (secondary N) is 1. The fourth-order valence-electron chi connectivity index (χ4n) is 2.76. The lowest BCUT2D eigenvalue weighted by atomic mass is 10.1. The first kappa shape index (κ1) is 18.5. The van der Waals surface area contributed by atoms with E-state index in [1.54, 1.807) is 23.2 Å². The van der Waals surface area contributed by atoms with Crippen molar-refractivity contribution in [3.05, 3.63) is 81.8 Å². The van der Waals surface area contributed by atoms with Crippen LogP contribution in [0, 0.1) is 0 Å². The predicted octanol–water partition coefficient (Wildman–Crippen LogP) is 4.65. The molecule has 0 spiro atoms. The van der Waals surface area contributed by atoms with E-state index >= 15 is 0 Å². The molecule has 0 saturated heterocycles. The molecule has 0 unspecified atom stereocenters. The summed E-state index contributed by atoms with van der Waals surface area (Å²) < 4.78 is 8.12. The van der Waals surface area contributed by atoms with Crippen LogP contribution >= 0.6 is 27.5 Å². The molecule has 2 aromatic carbocycles. The lowest BCUT2D eigenvalue weighted by Gasteiger charge is -2.16. The van der Waals surface area contributed by atoms with Crippen molar-refractivity contribution in [3.63, 3.8) is 0 Å². The van der Waals surface area contributed by atoms with Gasteiger partial charge in [-0.3, -0.25) is 4.79 Å². The number of nitrogens with zero attached hydrogens (tertiary/aromatic N) is 3. The Labute approximate surface area is 174 Å². The summed E-state index contributed by atoms with van der Waals surface area (Å²) in [6.45, 7) is 0.388. The van der Waals surface area contributed by atoms with Crippen molar-refractivity contribution in [2.45, 2.75) is 0 Å². The molecule has 1 aliphatic rings. The fraction of sp³-hybridized carbons (Fsp3) is 0.0500. The van der Waals surface area contributed by atoms with Gasteiger partial charge in [0.25, 0.3) is 0 Å². The van der Waals surface area contributed by atoms with Crippen molar-refractivity contribution >= 4 is 45.2 Å². The Kier molecular flexibility index (Phi) is 5.27. The third-order valence-corrected chi connectivity index (χ3v) is 4.77. The van der Waals surface area contributed by atoms with Crippen molar-refractivity contribution in [2.75, 3.05) is 11.9 Å². The third kappa shape index (κ3) is 4.16. The number of hydrogen-bond donors (Lipinski definition) is 1. The van der Waals surface area contributed by atoms with Crippen LogP contribution in [0.15, 0.2) is 71.3 Å². The van der Waals surface area contributed by atoms with Crippen LogP contribution in [0.3, 0.4) is 0 Å². The molecule has 3 aromatic rings. The first-order chi connectivity index (χ1) is 13.6. The quantitative estimate of drug-likeness (QED) is 0.579. The van der Waals surface area contributed by atoms with Crippen LogP contribution in [0.2, 0.25) is 5.02 Å². The van der Waals surface area contributed by atoms with Crippen molar-refractivity contribution in [1.29, 1.82) is 0 Å². The number of ether oxygens (including phenoxy) is 1. The van der Waals surface area contributed by atoms with E-state index in [9.17, 15) is 4.79 Å². The highest BCUT2D eigenvalue weighted by molar-refractivity contribution is 9.10. The highest BCUT2D eigenvalue weighted by Crippen LogP contribution is 2.29. The maximum Gasteiger partial charge on any atom is 0.248 e. The van der Waals surface area contributed by atoms with Gasteiger partial charge in [-0.2, -0.15) is 5.10 Å². The SMILES string of the molecule is O=C(/C=C/C1=Cc2cc(Cl)ccc2OC1)Nc1cc(Br)ccc1-n1cncn1. The zero-order valence-corrected chi connectivity index (χ0v) is 16.8. The number of hydrogen-bond acceptors (Lipinski definition) is 4. The second-order valence-corrected chi connectivity index (χ2v) is 7.37. The van der Waals surface area contributed by atoms with Gasteiger partial charge in [0.15, 0.2) is 0 Å². The first-order valence-electron chi connectivity index (χ1n) is 8.35. The van der Waals surface area contributed by atoms with E-state index in [4.69, 9.17) is 16.3 Å². The molecule has 1 amide bonds. The number of benzene rings is 2. The summed E-state index contributed by atoms with van der Waals surface area (Å²) in [7, 11) is 0. The molecule has 1 aromatic heterocycles. The molecule has 1 N–H and O–H groups in total. The third-order valence-electron chi connectivity index (χ3n) is 4.04. The van der Waals surface area contributed by atoms with Crippen molar-refractivity contribution < 1.29 is 9.53 Å². The van der Waals surface area contributed by atoms with Gasteiger partial charge in [-0.1, -0.05) is 33.6 Å². The van der Waals surface area contributed by atoms with Crippen LogP contribution < -0.4 is 10.1 Å². The maximum atomic E-state index is 12.4. The summed E-state index contributed by atoms with van der Waals surface area (Å²) in [5.74, 6) is 0.509. The second kappa shape index (κ2) is 8.00. The Balaban J connectivity index is 1.52. The second-order valence-electron chi connectivity index (χ2n) is 6.01. The van der Waals surface area contributed by atoms with Gasteiger partial charge < -0.3 is 10.1 Å². The molecule has 0 radical (unpaired) electrons. The summed E-state index contributed by atoms with van der Waals surface area (Å²) in [6, 6.07) is 11.0. The smallest absolute Gasteiger partial charge is 0.248 e. The molecular weight excluding hydrogens is 444 g/mol. The van der Waals surface area contributed by atoms with Gasteiger partial charge in [-0.05, 0) is 48.0 Å². The molecular formula is C20H14BrClN4O2. The maximum absolute atomic E-state index is 12.4. The lowest BCUT2D eigenvalue weighted by molar-refractivity contribution is -0.111. The standard InChI is InChI=1S/C20H14BrClN4O2/c21-15-2-4-18(26-12-23-11-24-26)17(9-15)25-20(27)6-1-13-7-14-8-16(22)3-5-19(14)28-10-13/h1-9,11-12H,10H2,(H,25,27)/b6-1+. The van der Waals surface area contributed by atoms with Gasteiger partial charge in [-0.15, -0.1) is 0 Å². The molecule has 0 atom stereocenters. The van der Waals surface area contributed by atoms with Gasteiger partial charge in [0.05, 0.1) is 11.4 Å². The number of halogens is 2. The number of carbonyl (C=O) groups excluding carboxylic acids is 1. The highest BCUT2D eigenvalue weighted by atomic mass is 79.9. The number of anilines is 1. The van der Waals surface area contributed by atoms with Gasteiger partial charge in [0.2, 0.25) is 5.91 Å². The first-order valence-corrected chi connectivity index (χ1v) is 9.52. The lowest BCUT2D eigenvalue weighted by Crippen LogP contribution is -2.12. The number of rotatable bonds is 4.